The van der Waals surface area contributed by atoms with Crippen LogP contribution in [0, 0.1) is 11.8 Å². The summed E-state index contributed by atoms with van der Waals surface area (Å²) in [5, 5.41) is 16.6. The van der Waals surface area contributed by atoms with Crippen molar-refractivity contribution in [3.05, 3.63) is 0 Å². The Balaban J connectivity index is 0. The smallest absolute Gasteiger partial charge is 0.217 e. The molecule has 3 heteroatoms. The van der Waals surface area contributed by atoms with Gasteiger partial charge in [-0.25, -0.2) is 0 Å². The van der Waals surface area contributed by atoms with E-state index in [4.69, 9.17) is 10.2 Å². The van der Waals surface area contributed by atoms with Crippen molar-refractivity contribution in [3.63, 3.8) is 0 Å². The molecule has 0 amide bonds. The predicted molar refractivity (Wildman–Crippen MR) is 53.1 cm³/mol. The maximum atomic E-state index is 8.29. The fourth-order valence-electron chi connectivity index (χ4n) is 0.627. The van der Waals surface area contributed by atoms with Gasteiger partial charge in [0.05, 0.1) is 0 Å². The van der Waals surface area contributed by atoms with E-state index >= 15 is 0 Å². The zero-order valence-electron chi connectivity index (χ0n) is 8.71. The summed E-state index contributed by atoms with van der Waals surface area (Å²) in [6, 6.07) is 0. The Kier molecular flexibility index (Phi) is 16.1. The molecule has 0 saturated carbocycles. The minimum Gasteiger partial charge on any atom is -0.388 e. The molecule has 2 N–H and O–H groups in total. The van der Waals surface area contributed by atoms with Gasteiger partial charge in [-0.05, 0) is 12.3 Å². The fourth-order valence-corrected chi connectivity index (χ4v) is 0.627. The number of aliphatic hydroxyl groups is 2. The van der Waals surface area contributed by atoms with Crippen molar-refractivity contribution in [2.75, 3.05) is 14.2 Å². The van der Waals surface area contributed by atoms with Crippen molar-refractivity contribution in [2.45, 2.75) is 38.9 Å². The van der Waals surface area contributed by atoms with Gasteiger partial charge >= 0.3 is 0 Å². The van der Waals surface area contributed by atoms with Gasteiger partial charge in [0.15, 0.2) is 0 Å². The second-order valence-corrected chi connectivity index (χ2v) is 2.56. The van der Waals surface area contributed by atoms with Crippen LogP contribution in [0.1, 0.15) is 32.6 Å². The van der Waals surface area contributed by atoms with E-state index in [1.165, 1.54) is 6.42 Å². The standard InChI is InChI=1S/C8H14O2.C2H6O/c1-2-3-4-5-6-7-8(9)10;1-3-2/h8-10H,2-5H2,1H3;1-2H3. The summed E-state index contributed by atoms with van der Waals surface area (Å²) in [7, 11) is 3.25. The number of methoxy groups -OCH3 is 1. The van der Waals surface area contributed by atoms with E-state index in [1.54, 1.807) is 14.2 Å². The first-order chi connectivity index (χ1) is 6.18. The lowest BCUT2D eigenvalue weighted by Gasteiger charge is -1.89. The lowest BCUT2D eigenvalue weighted by Crippen LogP contribution is -1.97. The lowest BCUT2D eigenvalue weighted by molar-refractivity contribution is 0.0107. The zero-order chi connectivity index (χ0) is 10.5. The molecule has 0 bridgehead atoms. The first kappa shape index (κ1) is 14.9. The van der Waals surface area contributed by atoms with E-state index in [0.717, 1.165) is 19.3 Å². The number of aliphatic hydroxyl groups excluding tert-OH is 1. The van der Waals surface area contributed by atoms with Gasteiger partial charge in [0.25, 0.3) is 0 Å². The molecule has 0 radical (unpaired) electrons. The van der Waals surface area contributed by atoms with Crippen LogP contribution < -0.4 is 0 Å². The van der Waals surface area contributed by atoms with Gasteiger partial charge in [-0.3, -0.25) is 0 Å². The van der Waals surface area contributed by atoms with Crippen LogP contribution in [-0.2, 0) is 4.74 Å². The van der Waals surface area contributed by atoms with Gasteiger partial charge < -0.3 is 14.9 Å². The average molecular weight is 188 g/mol. The highest BCUT2D eigenvalue weighted by atomic mass is 16.5. The lowest BCUT2D eigenvalue weighted by atomic mass is 10.2. The van der Waals surface area contributed by atoms with Gasteiger partial charge in [-0.1, -0.05) is 25.7 Å². The number of unbranched alkanes of at least 4 members (excludes halogenated alkanes) is 3. The number of hydrogen-bond acceptors (Lipinski definition) is 3. The zero-order valence-corrected chi connectivity index (χ0v) is 8.71. The Morgan fingerprint density at radius 3 is 2.15 bits per heavy atom. The predicted octanol–water partition coefficient (Wildman–Crippen LogP) is 1.14. The first-order valence-corrected chi connectivity index (χ1v) is 4.43. The highest BCUT2D eigenvalue weighted by Crippen LogP contribution is 1.96. The minimum absolute atomic E-state index is 0.769. The highest BCUT2D eigenvalue weighted by Gasteiger charge is 1.84. The van der Waals surface area contributed by atoms with Crippen LogP contribution in [0.3, 0.4) is 0 Å². The Bertz CT molecular complexity index is 133. The molecule has 13 heavy (non-hydrogen) atoms. The van der Waals surface area contributed by atoms with Crippen LogP contribution in [0.5, 0.6) is 0 Å². The van der Waals surface area contributed by atoms with Crippen LogP contribution in [0.2, 0.25) is 0 Å². The number of hydrogen-bond donors (Lipinski definition) is 2. The van der Waals surface area contributed by atoms with Gasteiger partial charge in [0, 0.05) is 20.6 Å². The molecule has 0 rings (SSSR count). The Morgan fingerprint density at radius 2 is 1.77 bits per heavy atom. The molecule has 0 saturated heterocycles. The molecule has 0 aromatic heterocycles. The molecule has 78 valence electrons. The second kappa shape index (κ2) is 14.0. The van der Waals surface area contributed by atoms with E-state index in [0.29, 0.717) is 0 Å². The SMILES string of the molecule is CCCCCC#CC(O)O.COC. The van der Waals surface area contributed by atoms with Gasteiger partial charge in [-0.15, -0.1) is 0 Å². The van der Waals surface area contributed by atoms with E-state index < -0.39 is 6.29 Å². The summed E-state index contributed by atoms with van der Waals surface area (Å²) >= 11 is 0. The molecule has 0 aliphatic heterocycles. The average Bonchev–Trinajstić information content (AvgIpc) is 2.05. The normalized spacial score (nSPS) is 8.46. The van der Waals surface area contributed by atoms with Crippen LogP contribution >= 0.6 is 0 Å². The van der Waals surface area contributed by atoms with Crippen molar-refractivity contribution in [1.82, 2.24) is 0 Å². The summed E-state index contributed by atoms with van der Waals surface area (Å²) in [5.74, 6) is 4.94. The van der Waals surface area contributed by atoms with E-state index in [9.17, 15) is 0 Å². The third-order valence-electron chi connectivity index (χ3n) is 1.14. The van der Waals surface area contributed by atoms with Crippen LogP contribution in [0.15, 0.2) is 0 Å². The first-order valence-electron chi connectivity index (χ1n) is 4.43. The Labute approximate surface area is 80.7 Å². The van der Waals surface area contributed by atoms with Gasteiger partial charge in [0.1, 0.15) is 0 Å². The minimum atomic E-state index is -1.46. The van der Waals surface area contributed by atoms with Crippen LogP contribution in [0.25, 0.3) is 0 Å². The largest absolute Gasteiger partial charge is 0.388 e. The number of rotatable bonds is 3. The summed E-state index contributed by atoms with van der Waals surface area (Å²) < 4.78 is 4.25. The Hall–Kier alpha value is -0.560. The molecular weight excluding hydrogens is 168 g/mol. The van der Waals surface area contributed by atoms with Crippen LogP contribution in [0.4, 0.5) is 0 Å². The molecular formula is C10H20O3. The van der Waals surface area contributed by atoms with Crippen molar-refractivity contribution in [2.24, 2.45) is 0 Å². The molecule has 0 aromatic rings. The third kappa shape index (κ3) is 24.6. The summed E-state index contributed by atoms with van der Waals surface area (Å²) in [6.45, 7) is 2.12. The van der Waals surface area contributed by atoms with Gasteiger partial charge in [-0.2, -0.15) is 0 Å². The maximum Gasteiger partial charge on any atom is 0.217 e. The number of ether oxygens (including phenoxy) is 1. The van der Waals surface area contributed by atoms with E-state index in [2.05, 4.69) is 23.5 Å². The molecule has 0 heterocycles. The highest BCUT2D eigenvalue weighted by molar-refractivity contribution is 5.00. The molecule has 0 unspecified atom stereocenters. The summed E-state index contributed by atoms with van der Waals surface area (Å²) in [5.41, 5.74) is 0. The van der Waals surface area contributed by atoms with Crippen LogP contribution in [-0.4, -0.2) is 30.7 Å². The molecule has 0 aromatic carbocycles. The van der Waals surface area contributed by atoms with E-state index in [1.807, 2.05) is 0 Å². The summed E-state index contributed by atoms with van der Waals surface area (Å²) in [6.07, 6.45) is 2.70. The Morgan fingerprint density at radius 1 is 1.23 bits per heavy atom. The topological polar surface area (TPSA) is 49.7 Å². The summed E-state index contributed by atoms with van der Waals surface area (Å²) in [4.78, 5) is 0. The molecule has 3 nitrogen and oxygen atoms in total. The van der Waals surface area contributed by atoms with Crippen molar-refractivity contribution in [1.29, 1.82) is 0 Å². The van der Waals surface area contributed by atoms with Crippen molar-refractivity contribution < 1.29 is 14.9 Å². The molecule has 0 spiro atoms. The molecule has 0 aliphatic carbocycles. The maximum absolute atomic E-state index is 8.29. The second-order valence-electron chi connectivity index (χ2n) is 2.56. The van der Waals surface area contributed by atoms with Crippen molar-refractivity contribution in [3.8, 4) is 11.8 Å². The third-order valence-corrected chi connectivity index (χ3v) is 1.14. The van der Waals surface area contributed by atoms with Gasteiger partial charge in [0.2, 0.25) is 6.29 Å². The molecule has 0 aliphatic rings. The fraction of sp³-hybridized carbons (Fsp3) is 0.800. The molecule has 0 atom stereocenters. The van der Waals surface area contributed by atoms with Crippen molar-refractivity contribution >= 4 is 0 Å². The molecule has 0 fully saturated rings. The van der Waals surface area contributed by atoms with E-state index in [-0.39, 0.29) is 0 Å². The quantitative estimate of drug-likeness (QED) is 0.397. The monoisotopic (exact) mass is 188 g/mol.